The summed E-state index contributed by atoms with van der Waals surface area (Å²) in [6.07, 6.45) is 6.52. The molecule has 1 aliphatic heterocycles. The van der Waals surface area contributed by atoms with E-state index in [4.69, 9.17) is 0 Å². The van der Waals surface area contributed by atoms with Gasteiger partial charge in [-0.1, -0.05) is 25.8 Å². The third kappa shape index (κ3) is 1.89. The van der Waals surface area contributed by atoms with Gasteiger partial charge in [0.25, 0.3) is 0 Å². The van der Waals surface area contributed by atoms with E-state index in [2.05, 4.69) is 17.6 Å². The Morgan fingerprint density at radius 1 is 1.33 bits per heavy atom. The van der Waals surface area contributed by atoms with Gasteiger partial charge in [-0.2, -0.15) is 0 Å². The van der Waals surface area contributed by atoms with Crippen LogP contribution in [0.2, 0.25) is 0 Å². The summed E-state index contributed by atoms with van der Waals surface area (Å²) in [7, 11) is 0. The highest BCUT2D eigenvalue weighted by atomic mass is 16.2. The lowest BCUT2D eigenvalue weighted by Gasteiger charge is -2.39. The first kappa shape index (κ1) is 10.2. The first-order chi connectivity index (χ1) is 7.22. The van der Waals surface area contributed by atoms with Crippen molar-refractivity contribution in [2.75, 3.05) is 0 Å². The average molecular weight is 208 g/mol. The smallest absolute Gasteiger partial charge is 0.321 e. The van der Waals surface area contributed by atoms with Gasteiger partial charge in [-0.3, -0.25) is 10.1 Å². The molecule has 0 aromatic carbocycles. The van der Waals surface area contributed by atoms with Crippen molar-refractivity contribution in [3.05, 3.63) is 11.6 Å². The van der Waals surface area contributed by atoms with Gasteiger partial charge in [-0.25, -0.2) is 4.79 Å². The Bertz CT molecular complexity index is 323. The molecule has 2 rings (SSSR count). The Morgan fingerprint density at radius 2 is 2.13 bits per heavy atom. The van der Waals surface area contributed by atoms with Crippen molar-refractivity contribution < 1.29 is 9.59 Å². The maximum absolute atomic E-state index is 11.3. The van der Waals surface area contributed by atoms with Crippen LogP contribution < -0.4 is 10.6 Å². The second-order valence-corrected chi connectivity index (χ2v) is 4.16. The molecular weight excluding hydrogens is 192 g/mol. The van der Waals surface area contributed by atoms with Crippen LogP contribution in [0.4, 0.5) is 4.79 Å². The number of carbonyl (C=O) groups is 2. The quantitative estimate of drug-likeness (QED) is 0.541. The lowest BCUT2D eigenvalue weighted by atomic mass is 9.76. The molecule has 0 aromatic rings. The molecule has 0 radical (unpaired) electrons. The fraction of sp³-hybridized carbons (Fsp3) is 0.636. The molecule has 4 heteroatoms. The molecule has 15 heavy (non-hydrogen) atoms. The minimum atomic E-state index is -0.359. The van der Waals surface area contributed by atoms with Crippen LogP contribution in [-0.2, 0) is 4.79 Å². The predicted molar refractivity (Wildman–Crippen MR) is 56.2 cm³/mol. The van der Waals surface area contributed by atoms with Gasteiger partial charge in [0.1, 0.15) is 0 Å². The molecule has 2 unspecified atom stereocenters. The first-order valence-electron chi connectivity index (χ1n) is 5.54. The van der Waals surface area contributed by atoms with Gasteiger partial charge in [0.05, 0.1) is 12.0 Å². The van der Waals surface area contributed by atoms with Gasteiger partial charge in [0.2, 0.25) is 5.91 Å². The minimum Gasteiger partial charge on any atom is -0.330 e. The van der Waals surface area contributed by atoms with Crippen LogP contribution in [0.25, 0.3) is 0 Å². The van der Waals surface area contributed by atoms with Gasteiger partial charge in [0, 0.05) is 0 Å². The van der Waals surface area contributed by atoms with Crippen molar-refractivity contribution in [2.45, 2.75) is 38.6 Å². The second kappa shape index (κ2) is 4.04. The fourth-order valence-corrected chi connectivity index (χ4v) is 2.14. The Kier molecular flexibility index (Phi) is 2.75. The number of hydrogen-bond donors (Lipinski definition) is 2. The fourth-order valence-electron chi connectivity index (χ4n) is 2.14. The summed E-state index contributed by atoms with van der Waals surface area (Å²) in [6, 6.07) is -0.384. The normalized spacial score (nSPS) is 28.5. The largest absolute Gasteiger partial charge is 0.330 e. The number of hydrogen-bond acceptors (Lipinski definition) is 2. The number of rotatable bonds is 4. The van der Waals surface area contributed by atoms with Crippen molar-refractivity contribution in [1.29, 1.82) is 0 Å². The van der Waals surface area contributed by atoms with Gasteiger partial charge in [-0.15, -0.1) is 0 Å². The Balaban J connectivity index is 1.91. The number of imide groups is 1. The summed E-state index contributed by atoms with van der Waals surface area (Å²) < 4.78 is 0. The van der Waals surface area contributed by atoms with Crippen LogP contribution in [0.5, 0.6) is 0 Å². The lowest BCUT2D eigenvalue weighted by Crippen LogP contribution is -2.61. The van der Waals surface area contributed by atoms with E-state index in [0.717, 1.165) is 12.8 Å². The third-order valence-corrected chi connectivity index (χ3v) is 3.05. The van der Waals surface area contributed by atoms with E-state index in [1.54, 1.807) is 0 Å². The number of carbonyl (C=O) groups excluding carboxylic acids is 2. The van der Waals surface area contributed by atoms with Gasteiger partial charge >= 0.3 is 6.03 Å². The summed E-state index contributed by atoms with van der Waals surface area (Å²) in [6.45, 7) is 2.16. The monoisotopic (exact) mass is 208 g/mol. The zero-order valence-electron chi connectivity index (χ0n) is 8.88. The Labute approximate surface area is 89.1 Å². The maximum atomic E-state index is 11.3. The maximum Gasteiger partial charge on any atom is 0.321 e. The molecule has 0 aromatic heterocycles. The molecule has 2 atom stereocenters. The van der Waals surface area contributed by atoms with E-state index >= 15 is 0 Å². The zero-order chi connectivity index (χ0) is 10.8. The Morgan fingerprint density at radius 3 is 2.87 bits per heavy atom. The molecule has 2 N–H and O–H groups in total. The van der Waals surface area contributed by atoms with Gasteiger partial charge in [0.15, 0.2) is 0 Å². The van der Waals surface area contributed by atoms with Crippen molar-refractivity contribution in [3.63, 3.8) is 0 Å². The predicted octanol–water partition coefficient (Wildman–Crippen LogP) is 1.33. The Hall–Kier alpha value is -1.32. The van der Waals surface area contributed by atoms with Crippen molar-refractivity contribution in [1.82, 2.24) is 10.6 Å². The third-order valence-electron chi connectivity index (χ3n) is 3.05. The second-order valence-electron chi connectivity index (χ2n) is 4.16. The van der Waals surface area contributed by atoms with Crippen LogP contribution >= 0.6 is 0 Å². The number of amides is 3. The molecule has 1 fully saturated rings. The van der Waals surface area contributed by atoms with Crippen molar-refractivity contribution >= 4 is 11.9 Å². The molecular formula is C11H16N2O2. The summed E-state index contributed by atoms with van der Waals surface area (Å²) in [5, 5.41) is 5.05. The molecule has 1 saturated heterocycles. The number of urea groups is 1. The van der Waals surface area contributed by atoms with E-state index in [0.29, 0.717) is 0 Å². The summed E-state index contributed by atoms with van der Waals surface area (Å²) in [4.78, 5) is 22.4. The molecule has 3 amide bonds. The summed E-state index contributed by atoms with van der Waals surface area (Å²) >= 11 is 0. The molecule has 2 aliphatic rings. The van der Waals surface area contributed by atoms with Gasteiger partial charge < -0.3 is 5.32 Å². The lowest BCUT2D eigenvalue weighted by molar-refractivity contribution is -0.124. The molecule has 0 spiro atoms. The number of unbranched alkanes of at least 4 members (excludes halogenated alkanes) is 2. The minimum absolute atomic E-state index is 0.0249. The topological polar surface area (TPSA) is 58.2 Å². The molecule has 1 heterocycles. The standard InChI is InChI=1S/C11H16N2O2/c1-2-3-4-5-7-6-8-9(7)12-11(15)13-10(8)14/h6,8-9H,2-5H2,1H3,(H2,12,13,14,15). The highest BCUT2D eigenvalue weighted by molar-refractivity contribution is 6.01. The van der Waals surface area contributed by atoms with E-state index in [1.165, 1.54) is 18.4 Å². The van der Waals surface area contributed by atoms with Crippen LogP contribution in [-0.4, -0.2) is 18.0 Å². The van der Waals surface area contributed by atoms with Crippen LogP contribution in [0.15, 0.2) is 11.6 Å². The van der Waals surface area contributed by atoms with E-state index < -0.39 is 0 Å². The van der Waals surface area contributed by atoms with Crippen LogP contribution in [0, 0.1) is 5.92 Å². The first-order valence-corrected chi connectivity index (χ1v) is 5.54. The van der Waals surface area contributed by atoms with Crippen LogP contribution in [0.3, 0.4) is 0 Å². The van der Waals surface area contributed by atoms with Crippen molar-refractivity contribution in [3.8, 4) is 0 Å². The molecule has 0 bridgehead atoms. The molecule has 0 saturated carbocycles. The van der Waals surface area contributed by atoms with E-state index in [-0.39, 0.29) is 23.9 Å². The molecule has 82 valence electrons. The molecule has 1 aliphatic carbocycles. The average Bonchev–Trinajstić information content (AvgIpc) is 2.17. The highest BCUT2D eigenvalue weighted by Gasteiger charge is 2.42. The summed E-state index contributed by atoms with van der Waals surface area (Å²) in [5.41, 5.74) is 1.22. The molecule has 4 nitrogen and oxygen atoms in total. The number of fused-ring (bicyclic) bond motifs is 1. The highest BCUT2D eigenvalue weighted by Crippen LogP contribution is 2.32. The van der Waals surface area contributed by atoms with Crippen molar-refractivity contribution in [2.24, 2.45) is 5.92 Å². The number of nitrogens with one attached hydrogen (secondary N) is 2. The van der Waals surface area contributed by atoms with E-state index in [1.807, 2.05) is 6.08 Å². The SMILES string of the molecule is CCCCCC1=CC2C(=O)NC(=O)NC12. The zero-order valence-corrected chi connectivity index (χ0v) is 8.88. The van der Waals surface area contributed by atoms with Gasteiger partial charge in [-0.05, 0) is 18.4 Å². The summed E-state index contributed by atoms with van der Waals surface area (Å²) in [5.74, 6) is -0.290. The van der Waals surface area contributed by atoms with E-state index in [9.17, 15) is 9.59 Å². The van der Waals surface area contributed by atoms with Crippen LogP contribution in [0.1, 0.15) is 32.6 Å².